The van der Waals surface area contributed by atoms with E-state index in [1.165, 1.54) is 49.4 Å². The van der Waals surface area contributed by atoms with E-state index in [9.17, 15) is 0 Å². The summed E-state index contributed by atoms with van der Waals surface area (Å²) in [5.41, 5.74) is 11.2. The summed E-state index contributed by atoms with van der Waals surface area (Å²) in [6.45, 7) is 0. The van der Waals surface area contributed by atoms with Crippen molar-refractivity contribution in [1.82, 2.24) is 18.9 Å². The Morgan fingerprint density at radius 1 is 0.595 bits per heavy atom. The molecule has 4 aromatic carbocycles. The largest absolute Gasteiger partial charge is 0.309 e. The van der Waals surface area contributed by atoms with E-state index in [0.29, 0.717) is 0 Å². The molecule has 0 spiro atoms. The van der Waals surface area contributed by atoms with Crippen LogP contribution < -0.4 is 0 Å². The van der Waals surface area contributed by atoms with Crippen LogP contribution in [0.15, 0.2) is 110 Å². The molecule has 0 unspecified atom stereocenters. The first kappa shape index (κ1) is 19.3. The molecule has 8 aromatic rings. The van der Waals surface area contributed by atoms with Gasteiger partial charge in [0.2, 0.25) is 0 Å². The molecule has 0 atom stereocenters. The van der Waals surface area contributed by atoms with Gasteiger partial charge in [-0.25, -0.2) is 4.98 Å². The monoisotopic (exact) mass is 472 g/mol. The number of pyridine rings is 2. The average Bonchev–Trinajstić information content (AvgIpc) is 3.66. The highest BCUT2D eigenvalue weighted by molar-refractivity contribution is 6.21. The van der Waals surface area contributed by atoms with E-state index >= 15 is 0 Å². The number of hydrogen-bond acceptors (Lipinski definition) is 2. The van der Waals surface area contributed by atoms with Gasteiger partial charge in [0.05, 0.1) is 16.6 Å². The molecule has 9 rings (SSSR count). The molecule has 4 heteroatoms. The maximum Gasteiger partial charge on any atom is 0.145 e. The molecule has 1 aliphatic carbocycles. The van der Waals surface area contributed by atoms with Gasteiger partial charge in [0.15, 0.2) is 0 Å². The summed E-state index contributed by atoms with van der Waals surface area (Å²) in [6.07, 6.45) is 8.74. The van der Waals surface area contributed by atoms with Crippen LogP contribution in [-0.4, -0.2) is 18.9 Å². The van der Waals surface area contributed by atoms with Crippen molar-refractivity contribution in [2.45, 2.75) is 6.42 Å². The van der Waals surface area contributed by atoms with Crippen LogP contribution in [0.5, 0.6) is 0 Å². The molecule has 4 heterocycles. The van der Waals surface area contributed by atoms with Crippen LogP contribution in [0.1, 0.15) is 11.1 Å². The molecular formula is C33H20N4. The Labute approximate surface area is 212 Å². The second-order valence-corrected chi connectivity index (χ2v) is 9.96. The van der Waals surface area contributed by atoms with Crippen molar-refractivity contribution in [2.24, 2.45) is 0 Å². The second-order valence-electron chi connectivity index (χ2n) is 9.96. The van der Waals surface area contributed by atoms with Crippen LogP contribution in [0, 0.1) is 0 Å². The Kier molecular flexibility index (Phi) is 3.55. The fourth-order valence-corrected chi connectivity index (χ4v) is 6.46. The maximum atomic E-state index is 4.77. The Hall–Kier alpha value is -4.96. The lowest BCUT2D eigenvalue weighted by Crippen LogP contribution is -1.95. The minimum atomic E-state index is 0.977. The van der Waals surface area contributed by atoms with Crippen LogP contribution in [0.4, 0.5) is 0 Å². The summed E-state index contributed by atoms with van der Waals surface area (Å²) in [5.74, 6) is 0. The van der Waals surface area contributed by atoms with Gasteiger partial charge in [-0.05, 0) is 76.5 Å². The Morgan fingerprint density at radius 3 is 2.38 bits per heavy atom. The topological polar surface area (TPSA) is 35.1 Å². The second kappa shape index (κ2) is 6.83. The van der Waals surface area contributed by atoms with Gasteiger partial charge in [0, 0.05) is 52.0 Å². The van der Waals surface area contributed by atoms with E-state index < -0.39 is 0 Å². The molecule has 4 aromatic heterocycles. The van der Waals surface area contributed by atoms with Gasteiger partial charge in [-0.1, -0.05) is 42.5 Å². The third-order valence-corrected chi connectivity index (χ3v) is 8.06. The molecule has 0 saturated carbocycles. The summed E-state index contributed by atoms with van der Waals surface area (Å²) >= 11 is 0. The van der Waals surface area contributed by atoms with Crippen LogP contribution >= 0.6 is 0 Å². The molecule has 0 fully saturated rings. The molecule has 0 bridgehead atoms. The van der Waals surface area contributed by atoms with E-state index in [-0.39, 0.29) is 0 Å². The summed E-state index contributed by atoms with van der Waals surface area (Å²) in [5, 5.41) is 5.98. The molecule has 0 amide bonds. The number of hydrogen-bond donors (Lipinski definition) is 0. The van der Waals surface area contributed by atoms with Crippen molar-refractivity contribution in [3.05, 3.63) is 121 Å². The van der Waals surface area contributed by atoms with Crippen molar-refractivity contribution in [2.75, 3.05) is 0 Å². The van der Waals surface area contributed by atoms with Crippen molar-refractivity contribution >= 4 is 49.1 Å². The van der Waals surface area contributed by atoms with E-state index in [1.807, 2.05) is 24.8 Å². The maximum absolute atomic E-state index is 4.77. The summed E-state index contributed by atoms with van der Waals surface area (Å²) in [4.78, 5) is 9.25. The minimum absolute atomic E-state index is 0.977. The van der Waals surface area contributed by atoms with Crippen molar-refractivity contribution in [3.63, 3.8) is 0 Å². The van der Waals surface area contributed by atoms with Gasteiger partial charge in [-0.15, -0.1) is 0 Å². The van der Waals surface area contributed by atoms with Gasteiger partial charge < -0.3 is 4.57 Å². The quantitative estimate of drug-likeness (QED) is 0.229. The lowest BCUT2D eigenvalue weighted by molar-refractivity contribution is 1.18. The number of imidazole rings is 1. The zero-order valence-electron chi connectivity index (χ0n) is 19.9. The SMILES string of the molecule is c1ccc(-n2c3cc4c(cc3c3cc5c(cc32)c2cnccc2n2ccnc52)Cc2ccccc2-4)cc1. The minimum Gasteiger partial charge on any atom is -0.309 e. The summed E-state index contributed by atoms with van der Waals surface area (Å²) in [6, 6.07) is 31.1. The summed E-state index contributed by atoms with van der Waals surface area (Å²) < 4.78 is 4.60. The number of fused-ring (bicyclic) bond motifs is 12. The average molecular weight is 473 g/mol. The van der Waals surface area contributed by atoms with Crippen molar-refractivity contribution in [1.29, 1.82) is 0 Å². The predicted octanol–water partition coefficient (Wildman–Crippen LogP) is 7.70. The number of nitrogens with zero attached hydrogens (tertiary/aromatic N) is 4. The zero-order chi connectivity index (χ0) is 24.1. The lowest BCUT2D eigenvalue weighted by atomic mass is 10.0. The molecule has 1 aliphatic rings. The number of aromatic nitrogens is 4. The molecule has 4 nitrogen and oxygen atoms in total. The highest BCUT2D eigenvalue weighted by Gasteiger charge is 2.23. The summed E-state index contributed by atoms with van der Waals surface area (Å²) in [7, 11) is 0. The van der Waals surface area contributed by atoms with Crippen LogP contribution in [0.3, 0.4) is 0 Å². The predicted molar refractivity (Wildman–Crippen MR) is 151 cm³/mol. The Bertz CT molecular complexity index is 2220. The highest BCUT2D eigenvalue weighted by Crippen LogP contribution is 2.43. The fraction of sp³-hybridized carbons (Fsp3) is 0.0303. The highest BCUT2D eigenvalue weighted by atomic mass is 15.0. The van der Waals surface area contributed by atoms with Gasteiger partial charge >= 0.3 is 0 Å². The molecular weight excluding hydrogens is 452 g/mol. The van der Waals surface area contributed by atoms with E-state index in [0.717, 1.165) is 34.0 Å². The molecule has 172 valence electrons. The Balaban J connectivity index is 1.50. The number of benzene rings is 4. The molecule has 0 aliphatic heterocycles. The van der Waals surface area contributed by atoms with Gasteiger partial charge in [-0.3, -0.25) is 9.38 Å². The molecule has 0 N–H and O–H groups in total. The van der Waals surface area contributed by atoms with E-state index in [4.69, 9.17) is 4.98 Å². The van der Waals surface area contributed by atoms with Crippen molar-refractivity contribution in [3.8, 4) is 16.8 Å². The molecule has 0 radical (unpaired) electrons. The third kappa shape index (κ3) is 2.47. The first-order valence-corrected chi connectivity index (χ1v) is 12.6. The lowest BCUT2D eigenvalue weighted by Gasteiger charge is -2.11. The normalized spacial score (nSPS) is 12.8. The molecule has 37 heavy (non-hydrogen) atoms. The fourth-order valence-electron chi connectivity index (χ4n) is 6.46. The third-order valence-electron chi connectivity index (χ3n) is 8.06. The van der Waals surface area contributed by atoms with Crippen LogP contribution in [0.25, 0.3) is 65.9 Å². The first-order chi connectivity index (χ1) is 18.3. The smallest absolute Gasteiger partial charge is 0.145 e. The van der Waals surface area contributed by atoms with E-state index in [1.54, 1.807) is 0 Å². The number of para-hydroxylation sites is 1. The van der Waals surface area contributed by atoms with Crippen LogP contribution in [0.2, 0.25) is 0 Å². The standard InChI is InChI=1S/C33H20N4/c1-2-7-22(8-3-1)37-31-17-24-21(14-20-6-4-5-9-23(20)24)15-26(31)27-16-28-25(18-32(27)37)29-19-34-11-10-30(29)36-13-12-35-33(28)36/h1-13,15-19H,14H2. The van der Waals surface area contributed by atoms with Crippen LogP contribution in [-0.2, 0) is 6.42 Å². The first-order valence-electron chi connectivity index (χ1n) is 12.6. The van der Waals surface area contributed by atoms with Gasteiger partial charge in [0.25, 0.3) is 0 Å². The van der Waals surface area contributed by atoms with Gasteiger partial charge in [0.1, 0.15) is 5.65 Å². The zero-order valence-corrected chi connectivity index (χ0v) is 19.9. The molecule has 0 saturated heterocycles. The van der Waals surface area contributed by atoms with Crippen molar-refractivity contribution < 1.29 is 0 Å². The number of rotatable bonds is 1. The Morgan fingerprint density at radius 2 is 1.43 bits per heavy atom. The van der Waals surface area contributed by atoms with Gasteiger partial charge in [-0.2, -0.15) is 0 Å². The van der Waals surface area contributed by atoms with E-state index in [2.05, 4.69) is 98.9 Å².